The average molecular weight is 199 g/mol. The topological polar surface area (TPSA) is 29.5 Å². The standard InChI is InChI=1S/C11H21NO2/c1-3-12-7-4-5-10(9-12)11(14-2)6-8-13/h8,10-11H,3-7,9H2,1-2H3. The van der Waals surface area contributed by atoms with Crippen LogP contribution in [0.3, 0.4) is 0 Å². The Morgan fingerprint density at radius 1 is 1.64 bits per heavy atom. The van der Waals surface area contributed by atoms with E-state index in [2.05, 4.69) is 11.8 Å². The van der Waals surface area contributed by atoms with E-state index < -0.39 is 0 Å². The molecule has 0 aromatic rings. The molecule has 82 valence electrons. The Morgan fingerprint density at radius 3 is 3.00 bits per heavy atom. The monoisotopic (exact) mass is 199 g/mol. The van der Waals surface area contributed by atoms with Gasteiger partial charge in [-0.2, -0.15) is 0 Å². The number of methoxy groups -OCH3 is 1. The molecule has 2 atom stereocenters. The van der Waals surface area contributed by atoms with Crippen LogP contribution in [-0.4, -0.2) is 44.0 Å². The second-order valence-corrected chi connectivity index (χ2v) is 3.97. The van der Waals surface area contributed by atoms with Crippen LogP contribution < -0.4 is 0 Å². The lowest BCUT2D eigenvalue weighted by Crippen LogP contribution is -2.40. The molecule has 3 heteroatoms. The summed E-state index contributed by atoms with van der Waals surface area (Å²) in [6, 6.07) is 0. The summed E-state index contributed by atoms with van der Waals surface area (Å²) in [5.74, 6) is 0.541. The molecule has 0 bridgehead atoms. The Bertz CT molecular complexity index is 173. The highest BCUT2D eigenvalue weighted by atomic mass is 16.5. The molecular formula is C11H21NO2. The number of carbonyl (C=O) groups excluding carboxylic acids is 1. The van der Waals surface area contributed by atoms with Gasteiger partial charge in [0.25, 0.3) is 0 Å². The van der Waals surface area contributed by atoms with Gasteiger partial charge in [-0.3, -0.25) is 0 Å². The Kier molecular flexibility index (Phi) is 5.12. The summed E-state index contributed by atoms with van der Waals surface area (Å²) in [5, 5.41) is 0. The summed E-state index contributed by atoms with van der Waals surface area (Å²) in [5.41, 5.74) is 0. The highest BCUT2D eigenvalue weighted by Gasteiger charge is 2.26. The van der Waals surface area contributed by atoms with Crippen LogP contribution in [0.15, 0.2) is 0 Å². The van der Waals surface area contributed by atoms with E-state index in [1.807, 2.05) is 0 Å². The predicted octanol–water partition coefficient (Wildman–Crippen LogP) is 1.32. The van der Waals surface area contributed by atoms with Crippen molar-refractivity contribution in [2.45, 2.75) is 32.3 Å². The zero-order chi connectivity index (χ0) is 10.4. The molecule has 1 aliphatic heterocycles. The molecule has 14 heavy (non-hydrogen) atoms. The number of hydrogen-bond donors (Lipinski definition) is 0. The van der Waals surface area contributed by atoms with Crippen molar-refractivity contribution in [1.82, 2.24) is 4.90 Å². The third kappa shape index (κ3) is 3.07. The van der Waals surface area contributed by atoms with Gasteiger partial charge in [0.05, 0.1) is 6.10 Å². The van der Waals surface area contributed by atoms with Gasteiger partial charge in [-0.1, -0.05) is 6.92 Å². The van der Waals surface area contributed by atoms with Gasteiger partial charge in [-0.05, 0) is 31.8 Å². The van der Waals surface area contributed by atoms with E-state index in [0.29, 0.717) is 12.3 Å². The molecular weight excluding hydrogens is 178 g/mol. The van der Waals surface area contributed by atoms with E-state index >= 15 is 0 Å². The molecule has 0 amide bonds. The van der Waals surface area contributed by atoms with E-state index in [1.54, 1.807) is 7.11 Å². The smallest absolute Gasteiger partial charge is 0.122 e. The molecule has 1 rings (SSSR count). The van der Waals surface area contributed by atoms with Crippen molar-refractivity contribution in [2.24, 2.45) is 5.92 Å². The van der Waals surface area contributed by atoms with E-state index in [1.165, 1.54) is 19.4 Å². The van der Waals surface area contributed by atoms with Crippen LogP contribution in [0.25, 0.3) is 0 Å². The third-order valence-electron chi connectivity index (χ3n) is 3.15. The van der Waals surface area contributed by atoms with Crippen molar-refractivity contribution in [3.8, 4) is 0 Å². The number of ether oxygens (including phenoxy) is 1. The SMILES string of the molecule is CCN1CCCC(C(CC=O)OC)C1. The van der Waals surface area contributed by atoms with Crippen molar-refractivity contribution in [3.63, 3.8) is 0 Å². The maximum atomic E-state index is 10.5. The number of carbonyl (C=O) groups is 1. The quantitative estimate of drug-likeness (QED) is 0.625. The summed E-state index contributed by atoms with van der Waals surface area (Å²) < 4.78 is 5.37. The molecule has 0 aromatic heterocycles. The van der Waals surface area contributed by atoms with Crippen LogP contribution >= 0.6 is 0 Å². The Morgan fingerprint density at radius 2 is 2.43 bits per heavy atom. The normalized spacial score (nSPS) is 26.0. The predicted molar refractivity (Wildman–Crippen MR) is 56.3 cm³/mol. The van der Waals surface area contributed by atoms with Gasteiger partial charge < -0.3 is 14.4 Å². The molecule has 2 unspecified atom stereocenters. The van der Waals surface area contributed by atoms with Crippen LogP contribution in [0, 0.1) is 5.92 Å². The summed E-state index contributed by atoms with van der Waals surface area (Å²) in [6.45, 7) is 5.57. The molecule has 1 fully saturated rings. The first-order valence-corrected chi connectivity index (χ1v) is 5.50. The van der Waals surface area contributed by atoms with Crippen LogP contribution in [0.2, 0.25) is 0 Å². The van der Waals surface area contributed by atoms with Crippen LogP contribution in [-0.2, 0) is 9.53 Å². The molecule has 0 N–H and O–H groups in total. The van der Waals surface area contributed by atoms with Crippen LogP contribution in [0.1, 0.15) is 26.2 Å². The molecule has 0 aliphatic carbocycles. The number of hydrogen-bond acceptors (Lipinski definition) is 3. The highest BCUT2D eigenvalue weighted by Crippen LogP contribution is 2.22. The number of nitrogens with zero attached hydrogens (tertiary/aromatic N) is 1. The molecule has 0 saturated carbocycles. The molecule has 1 saturated heterocycles. The van der Waals surface area contributed by atoms with Crippen molar-refractivity contribution < 1.29 is 9.53 Å². The summed E-state index contributed by atoms with van der Waals surface area (Å²) in [4.78, 5) is 12.9. The molecule has 0 radical (unpaired) electrons. The number of aldehydes is 1. The lowest BCUT2D eigenvalue weighted by atomic mass is 9.91. The largest absolute Gasteiger partial charge is 0.381 e. The van der Waals surface area contributed by atoms with Crippen LogP contribution in [0.4, 0.5) is 0 Å². The highest BCUT2D eigenvalue weighted by molar-refractivity contribution is 5.50. The minimum absolute atomic E-state index is 0.127. The first-order chi connectivity index (χ1) is 6.81. The second kappa shape index (κ2) is 6.14. The fourth-order valence-electron chi connectivity index (χ4n) is 2.26. The van der Waals surface area contributed by atoms with Crippen molar-refractivity contribution in [1.29, 1.82) is 0 Å². The van der Waals surface area contributed by atoms with Gasteiger partial charge >= 0.3 is 0 Å². The molecule has 0 spiro atoms. The summed E-state index contributed by atoms with van der Waals surface area (Å²) in [7, 11) is 1.71. The molecule has 1 heterocycles. The van der Waals surface area contributed by atoms with Crippen LogP contribution in [0.5, 0.6) is 0 Å². The summed E-state index contributed by atoms with van der Waals surface area (Å²) in [6.07, 6.45) is 4.07. The Labute approximate surface area is 86.4 Å². The maximum Gasteiger partial charge on any atom is 0.122 e. The van der Waals surface area contributed by atoms with Gasteiger partial charge in [-0.15, -0.1) is 0 Å². The Hall–Kier alpha value is -0.410. The van der Waals surface area contributed by atoms with Gasteiger partial charge in [-0.25, -0.2) is 0 Å². The second-order valence-electron chi connectivity index (χ2n) is 3.97. The number of piperidine rings is 1. The molecule has 0 aromatic carbocycles. The minimum atomic E-state index is 0.127. The average Bonchev–Trinajstić information content (AvgIpc) is 2.26. The fraction of sp³-hybridized carbons (Fsp3) is 0.909. The van der Waals surface area contributed by atoms with E-state index in [4.69, 9.17) is 4.74 Å². The van der Waals surface area contributed by atoms with E-state index in [0.717, 1.165) is 19.4 Å². The van der Waals surface area contributed by atoms with Crippen molar-refractivity contribution in [2.75, 3.05) is 26.7 Å². The van der Waals surface area contributed by atoms with Gasteiger partial charge in [0.2, 0.25) is 0 Å². The zero-order valence-corrected chi connectivity index (χ0v) is 9.24. The maximum absolute atomic E-state index is 10.5. The Balaban J connectivity index is 2.43. The molecule has 1 aliphatic rings. The number of rotatable bonds is 5. The van der Waals surface area contributed by atoms with E-state index in [9.17, 15) is 4.79 Å². The third-order valence-corrected chi connectivity index (χ3v) is 3.15. The van der Waals surface area contributed by atoms with Gasteiger partial charge in [0, 0.05) is 20.1 Å². The van der Waals surface area contributed by atoms with Gasteiger partial charge in [0.15, 0.2) is 0 Å². The lowest BCUT2D eigenvalue weighted by Gasteiger charge is -2.35. The fourth-order valence-corrected chi connectivity index (χ4v) is 2.26. The first-order valence-electron chi connectivity index (χ1n) is 5.50. The lowest BCUT2D eigenvalue weighted by molar-refractivity contribution is -0.111. The zero-order valence-electron chi connectivity index (χ0n) is 9.24. The van der Waals surface area contributed by atoms with Crippen molar-refractivity contribution >= 4 is 6.29 Å². The number of likely N-dealkylation sites (tertiary alicyclic amines) is 1. The van der Waals surface area contributed by atoms with Crippen molar-refractivity contribution in [3.05, 3.63) is 0 Å². The van der Waals surface area contributed by atoms with E-state index in [-0.39, 0.29) is 6.10 Å². The van der Waals surface area contributed by atoms with Gasteiger partial charge in [0.1, 0.15) is 6.29 Å². The summed E-state index contributed by atoms with van der Waals surface area (Å²) >= 11 is 0. The minimum Gasteiger partial charge on any atom is -0.381 e. The first kappa shape index (κ1) is 11.7. The molecule has 3 nitrogen and oxygen atoms in total.